The van der Waals surface area contributed by atoms with Crippen LogP contribution in [0.4, 0.5) is 5.69 Å². The summed E-state index contributed by atoms with van der Waals surface area (Å²) in [5, 5.41) is 0.588. The number of nitrogens with two attached hydrogens (primary N) is 1. The number of rotatable bonds is 5. The van der Waals surface area contributed by atoms with Gasteiger partial charge < -0.3 is 15.2 Å². The molecular formula is C14H14ClNO2. The van der Waals surface area contributed by atoms with Gasteiger partial charge in [0.05, 0.1) is 12.3 Å². The molecule has 0 radical (unpaired) electrons. The Morgan fingerprint density at radius 3 is 2.56 bits per heavy atom. The zero-order valence-corrected chi connectivity index (χ0v) is 10.6. The minimum atomic E-state index is 0.153. The largest absolute Gasteiger partial charge is 0.465 e. The lowest BCUT2D eigenvalue weighted by Gasteiger charge is -2.09. The molecule has 2 N–H and O–H groups in total. The summed E-state index contributed by atoms with van der Waals surface area (Å²) in [6.07, 6.45) is 0. The predicted octanol–water partition coefficient (Wildman–Crippen LogP) is 3.48. The lowest BCUT2D eigenvalue weighted by molar-refractivity contribution is 0.00546. The van der Waals surface area contributed by atoms with E-state index in [4.69, 9.17) is 26.8 Å². The van der Waals surface area contributed by atoms with Gasteiger partial charge >= 0.3 is 0 Å². The van der Waals surface area contributed by atoms with Gasteiger partial charge in [0.2, 0.25) is 0 Å². The first-order chi connectivity index (χ1) is 8.75. The van der Waals surface area contributed by atoms with E-state index in [-0.39, 0.29) is 6.79 Å². The Labute approximate surface area is 111 Å². The lowest BCUT2D eigenvalue weighted by atomic mass is 10.2. The first-order valence-corrected chi connectivity index (χ1v) is 5.93. The standard InChI is InChI=1S/C14H14ClNO2/c15-12-6-7-14(13(16)8-12)18-10-17-9-11-4-2-1-3-5-11/h1-8H,9-10,16H2. The van der Waals surface area contributed by atoms with Crippen LogP contribution < -0.4 is 10.5 Å². The van der Waals surface area contributed by atoms with Gasteiger partial charge in [0.15, 0.2) is 6.79 Å². The summed E-state index contributed by atoms with van der Waals surface area (Å²) in [6, 6.07) is 15.0. The van der Waals surface area contributed by atoms with Crippen molar-refractivity contribution in [2.24, 2.45) is 0 Å². The summed E-state index contributed by atoms with van der Waals surface area (Å²) in [5.41, 5.74) is 7.36. The summed E-state index contributed by atoms with van der Waals surface area (Å²) >= 11 is 5.79. The molecule has 0 aromatic heterocycles. The summed E-state index contributed by atoms with van der Waals surface area (Å²) < 4.78 is 10.8. The molecule has 0 atom stereocenters. The van der Waals surface area contributed by atoms with Crippen LogP contribution in [0.2, 0.25) is 5.02 Å². The molecule has 2 aromatic rings. The second kappa shape index (κ2) is 6.28. The van der Waals surface area contributed by atoms with Crippen LogP contribution in [0.3, 0.4) is 0 Å². The maximum atomic E-state index is 5.79. The molecule has 0 saturated heterocycles. The number of halogens is 1. The number of benzene rings is 2. The number of nitrogen functional groups attached to an aromatic ring is 1. The van der Waals surface area contributed by atoms with Gasteiger partial charge in [0, 0.05) is 5.02 Å². The van der Waals surface area contributed by atoms with Gasteiger partial charge in [0.25, 0.3) is 0 Å². The molecule has 0 aliphatic heterocycles. The summed E-state index contributed by atoms with van der Waals surface area (Å²) in [6.45, 7) is 0.662. The van der Waals surface area contributed by atoms with E-state index in [0.29, 0.717) is 23.1 Å². The van der Waals surface area contributed by atoms with E-state index in [0.717, 1.165) is 5.56 Å². The summed E-state index contributed by atoms with van der Waals surface area (Å²) in [7, 11) is 0. The third-order valence-electron chi connectivity index (χ3n) is 2.38. The fourth-order valence-electron chi connectivity index (χ4n) is 1.49. The van der Waals surface area contributed by atoms with Gasteiger partial charge in [-0.25, -0.2) is 0 Å². The van der Waals surface area contributed by atoms with Crippen molar-refractivity contribution in [2.45, 2.75) is 6.61 Å². The van der Waals surface area contributed by atoms with E-state index in [1.807, 2.05) is 30.3 Å². The zero-order valence-electron chi connectivity index (χ0n) is 9.80. The van der Waals surface area contributed by atoms with Crippen molar-refractivity contribution in [1.29, 1.82) is 0 Å². The second-order valence-electron chi connectivity index (χ2n) is 3.78. The highest BCUT2D eigenvalue weighted by molar-refractivity contribution is 6.30. The highest BCUT2D eigenvalue weighted by Crippen LogP contribution is 2.24. The van der Waals surface area contributed by atoms with Crippen molar-refractivity contribution in [3.05, 3.63) is 59.1 Å². The monoisotopic (exact) mass is 263 g/mol. The van der Waals surface area contributed by atoms with Crippen molar-refractivity contribution in [1.82, 2.24) is 0 Å². The predicted molar refractivity (Wildman–Crippen MR) is 72.6 cm³/mol. The molecule has 0 amide bonds. The van der Waals surface area contributed by atoms with Crippen LogP contribution in [0.15, 0.2) is 48.5 Å². The smallest absolute Gasteiger partial charge is 0.189 e. The highest BCUT2D eigenvalue weighted by Gasteiger charge is 2.00. The molecule has 94 valence electrons. The molecule has 2 aromatic carbocycles. The second-order valence-corrected chi connectivity index (χ2v) is 4.21. The maximum absolute atomic E-state index is 5.79. The molecule has 0 spiro atoms. The van der Waals surface area contributed by atoms with Gasteiger partial charge in [0.1, 0.15) is 5.75 Å². The van der Waals surface area contributed by atoms with Crippen LogP contribution in [0.5, 0.6) is 5.75 Å². The number of ether oxygens (including phenoxy) is 2. The van der Waals surface area contributed by atoms with Crippen LogP contribution in [0, 0.1) is 0 Å². The minimum absolute atomic E-state index is 0.153. The van der Waals surface area contributed by atoms with Crippen LogP contribution in [-0.2, 0) is 11.3 Å². The van der Waals surface area contributed by atoms with Crippen LogP contribution >= 0.6 is 11.6 Å². The molecular weight excluding hydrogens is 250 g/mol. The van der Waals surface area contributed by atoms with Crippen LogP contribution in [-0.4, -0.2) is 6.79 Å². The topological polar surface area (TPSA) is 44.5 Å². The average molecular weight is 264 g/mol. The third kappa shape index (κ3) is 3.65. The van der Waals surface area contributed by atoms with E-state index in [2.05, 4.69) is 0 Å². The molecule has 18 heavy (non-hydrogen) atoms. The van der Waals surface area contributed by atoms with E-state index in [1.165, 1.54) is 0 Å². The quantitative estimate of drug-likeness (QED) is 0.510. The Hall–Kier alpha value is -1.71. The summed E-state index contributed by atoms with van der Waals surface area (Å²) in [4.78, 5) is 0. The Morgan fingerprint density at radius 1 is 1.06 bits per heavy atom. The van der Waals surface area contributed by atoms with Gasteiger partial charge in [-0.3, -0.25) is 0 Å². The molecule has 4 heteroatoms. The maximum Gasteiger partial charge on any atom is 0.189 e. The van der Waals surface area contributed by atoms with Gasteiger partial charge in [-0.2, -0.15) is 0 Å². The van der Waals surface area contributed by atoms with Crippen molar-refractivity contribution < 1.29 is 9.47 Å². The molecule has 0 bridgehead atoms. The molecule has 3 nitrogen and oxygen atoms in total. The van der Waals surface area contributed by atoms with E-state index < -0.39 is 0 Å². The average Bonchev–Trinajstić information content (AvgIpc) is 2.38. The normalized spacial score (nSPS) is 10.3. The summed E-state index contributed by atoms with van der Waals surface area (Å²) in [5.74, 6) is 0.576. The van der Waals surface area contributed by atoms with Crippen LogP contribution in [0.1, 0.15) is 5.56 Å². The van der Waals surface area contributed by atoms with E-state index in [1.54, 1.807) is 18.2 Å². The van der Waals surface area contributed by atoms with E-state index >= 15 is 0 Å². The Morgan fingerprint density at radius 2 is 1.83 bits per heavy atom. The molecule has 0 unspecified atom stereocenters. The molecule has 0 aliphatic carbocycles. The molecule has 0 fully saturated rings. The van der Waals surface area contributed by atoms with Gasteiger partial charge in [-0.1, -0.05) is 41.9 Å². The third-order valence-corrected chi connectivity index (χ3v) is 2.62. The van der Waals surface area contributed by atoms with Crippen molar-refractivity contribution in [3.8, 4) is 5.75 Å². The lowest BCUT2D eigenvalue weighted by Crippen LogP contribution is -2.04. The molecule has 2 rings (SSSR count). The Kier molecular flexibility index (Phi) is 4.45. The SMILES string of the molecule is Nc1cc(Cl)ccc1OCOCc1ccccc1. The fourth-order valence-corrected chi connectivity index (χ4v) is 1.67. The van der Waals surface area contributed by atoms with Crippen molar-refractivity contribution in [2.75, 3.05) is 12.5 Å². The minimum Gasteiger partial charge on any atom is -0.465 e. The highest BCUT2D eigenvalue weighted by atomic mass is 35.5. The van der Waals surface area contributed by atoms with Crippen molar-refractivity contribution >= 4 is 17.3 Å². The van der Waals surface area contributed by atoms with Gasteiger partial charge in [-0.05, 0) is 23.8 Å². The Balaban J connectivity index is 1.79. The molecule has 0 saturated carbocycles. The molecule has 0 heterocycles. The van der Waals surface area contributed by atoms with Crippen molar-refractivity contribution in [3.63, 3.8) is 0 Å². The zero-order chi connectivity index (χ0) is 12.8. The Bertz CT molecular complexity index is 502. The first kappa shape index (κ1) is 12.7. The number of anilines is 1. The van der Waals surface area contributed by atoms with Gasteiger partial charge in [-0.15, -0.1) is 0 Å². The fraction of sp³-hybridized carbons (Fsp3) is 0.143. The number of hydrogen-bond donors (Lipinski definition) is 1. The first-order valence-electron chi connectivity index (χ1n) is 5.55. The van der Waals surface area contributed by atoms with E-state index in [9.17, 15) is 0 Å². The number of hydrogen-bond acceptors (Lipinski definition) is 3. The van der Waals surface area contributed by atoms with Crippen LogP contribution in [0.25, 0.3) is 0 Å². The molecule has 0 aliphatic rings.